The van der Waals surface area contributed by atoms with Crippen LogP contribution in [0.1, 0.15) is 48.0 Å². The largest absolute Gasteiger partial charge is 0.490 e. The molecule has 0 N–H and O–H groups in total. The van der Waals surface area contributed by atoms with E-state index in [1.807, 2.05) is 64.4 Å². The van der Waals surface area contributed by atoms with Crippen molar-refractivity contribution >= 4 is 11.8 Å². The van der Waals surface area contributed by atoms with Gasteiger partial charge in [-0.25, -0.2) is 0 Å². The first-order valence-electron chi connectivity index (χ1n) is 12.0. The van der Waals surface area contributed by atoms with E-state index in [2.05, 4.69) is 0 Å². The van der Waals surface area contributed by atoms with Crippen molar-refractivity contribution in [2.45, 2.75) is 44.8 Å². The third-order valence-electron chi connectivity index (χ3n) is 6.61. The Morgan fingerprint density at radius 3 is 2.48 bits per heavy atom. The maximum absolute atomic E-state index is 13.3. The molecule has 2 aromatic rings. The highest BCUT2D eigenvalue weighted by Gasteiger charge is 2.35. The number of rotatable bonds is 7. The molecule has 0 unspecified atom stereocenters. The van der Waals surface area contributed by atoms with Gasteiger partial charge >= 0.3 is 0 Å². The number of hydrogen-bond acceptors (Lipinski definition) is 4. The average Bonchev–Trinajstić information content (AvgIpc) is 2.86. The van der Waals surface area contributed by atoms with E-state index in [0.717, 1.165) is 37.2 Å². The number of piperidine rings is 2. The Morgan fingerprint density at radius 1 is 0.939 bits per heavy atom. The van der Waals surface area contributed by atoms with E-state index < -0.39 is 0 Å². The molecule has 0 bridgehead atoms. The lowest BCUT2D eigenvalue weighted by atomic mass is 9.90. The minimum atomic E-state index is -0.0926. The average molecular weight is 451 g/mol. The van der Waals surface area contributed by atoms with Crippen molar-refractivity contribution in [3.63, 3.8) is 0 Å². The van der Waals surface area contributed by atoms with Crippen LogP contribution in [0.25, 0.3) is 0 Å². The SMILES string of the molecule is COCc1cccc(C(=O)N2CC[C@H](Oc3ccccc3)[C@@H](CC(=O)N3CCCCC3)C2)c1. The summed E-state index contributed by atoms with van der Waals surface area (Å²) in [6, 6.07) is 17.4. The van der Waals surface area contributed by atoms with E-state index in [1.165, 1.54) is 6.42 Å². The van der Waals surface area contributed by atoms with Crippen LogP contribution in [0.15, 0.2) is 54.6 Å². The summed E-state index contributed by atoms with van der Waals surface area (Å²) in [4.78, 5) is 30.2. The van der Waals surface area contributed by atoms with Crippen molar-refractivity contribution in [2.24, 2.45) is 5.92 Å². The van der Waals surface area contributed by atoms with Crippen molar-refractivity contribution in [3.05, 3.63) is 65.7 Å². The number of hydrogen-bond donors (Lipinski definition) is 0. The molecule has 0 aromatic heterocycles. The topological polar surface area (TPSA) is 59.1 Å². The Bertz CT molecular complexity index is 927. The summed E-state index contributed by atoms with van der Waals surface area (Å²) < 4.78 is 11.5. The molecule has 2 atom stereocenters. The first kappa shape index (κ1) is 23.3. The van der Waals surface area contributed by atoms with Crippen LogP contribution in [0, 0.1) is 5.92 Å². The summed E-state index contributed by atoms with van der Waals surface area (Å²) in [6.45, 7) is 3.28. The van der Waals surface area contributed by atoms with Crippen LogP contribution in [0.4, 0.5) is 0 Å². The van der Waals surface area contributed by atoms with E-state index in [4.69, 9.17) is 9.47 Å². The molecule has 6 nitrogen and oxygen atoms in total. The lowest BCUT2D eigenvalue weighted by Gasteiger charge is -2.39. The van der Waals surface area contributed by atoms with Gasteiger partial charge in [-0.1, -0.05) is 30.3 Å². The molecule has 0 spiro atoms. The number of nitrogens with zero attached hydrogens (tertiary/aromatic N) is 2. The molecule has 2 aliphatic rings. The quantitative estimate of drug-likeness (QED) is 0.636. The molecule has 2 heterocycles. The normalized spacial score (nSPS) is 21.0. The monoisotopic (exact) mass is 450 g/mol. The molecule has 6 heteroatoms. The zero-order valence-electron chi connectivity index (χ0n) is 19.4. The lowest BCUT2D eigenvalue weighted by molar-refractivity contribution is -0.134. The van der Waals surface area contributed by atoms with Gasteiger partial charge in [0.25, 0.3) is 5.91 Å². The highest BCUT2D eigenvalue weighted by Crippen LogP contribution is 2.28. The zero-order valence-corrected chi connectivity index (χ0v) is 19.4. The molecule has 176 valence electrons. The Hall–Kier alpha value is -2.86. The number of likely N-dealkylation sites (tertiary alicyclic amines) is 2. The number of carbonyl (C=O) groups is 2. The van der Waals surface area contributed by atoms with E-state index in [1.54, 1.807) is 7.11 Å². The number of ether oxygens (including phenoxy) is 2. The number of amides is 2. The maximum Gasteiger partial charge on any atom is 0.253 e. The Morgan fingerprint density at radius 2 is 1.73 bits per heavy atom. The van der Waals surface area contributed by atoms with Gasteiger partial charge < -0.3 is 19.3 Å². The van der Waals surface area contributed by atoms with Crippen LogP contribution in [0.2, 0.25) is 0 Å². The molecule has 4 rings (SSSR count). The minimum absolute atomic E-state index is 0.00142. The molecule has 2 aromatic carbocycles. The standard InChI is InChI=1S/C27H34N2O4/c1-32-20-21-9-8-10-22(17-21)27(31)29-16-13-25(33-24-11-4-2-5-12-24)23(19-29)18-26(30)28-14-6-3-7-15-28/h2,4-5,8-12,17,23,25H,3,6-7,13-16,18-20H2,1H3/t23-,25-/m0/s1. The van der Waals surface area contributed by atoms with Crippen molar-refractivity contribution < 1.29 is 19.1 Å². The fourth-order valence-corrected chi connectivity index (χ4v) is 4.86. The lowest BCUT2D eigenvalue weighted by Crippen LogP contribution is -2.50. The van der Waals surface area contributed by atoms with Crippen molar-refractivity contribution in [2.75, 3.05) is 33.3 Å². The first-order chi connectivity index (χ1) is 16.1. The van der Waals surface area contributed by atoms with Crippen LogP contribution < -0.4 is 4.74 Å². The molecule has 2 saturated heterocycles. The fraction of sp³-hybridized carbons (Fsp3) is 0.481. The van der Waals surface area contributed by atoms with E-state index >= 15 is 0 Å². The van der Waals surface area contributed by atoms with Gasteiger partial charge in [-0.3, -0.25) is 9.59 Å². The first-order valence-corrected chi connectivity index (χ1v) is 12.0. The minimum Gasteiger partial charge on any atom is -0.490 e. The summed E-state index contributed by atoms with van der Waals surface area (Å²) >= 11 is 0. The van der Waals surface area contributed by atoms with Crippen molar-refractivity contribution in [3.8, 4) is 5.75 Å². The Kier molecular flexibility index (Phi) is 8.00. The second-order valence-corrected chi connectivity index (χ2v) is 9.05. The van der Waals surface area contributed by atoms with Gasteiger partial charge in [0, 0.05) is 57.6 Å². The van der Waals surface area contributed by atoms with Gasteiger partial charge in [0.1, 0.15) is 11.9 Å². The van der Waals surface area contributed by atoms with Gasteiger partial charge in [-0.2, -0.15) is 0 Å². The fourth-order valence-electron chi connectivity index (χ4n) is 4.86. The van der Waals surface area contributed by atoms with Crippen molar-refractivity contribution in [1.29, 1.82) is 0 Å². The molecule has 0 saturated carbocycles. The number of carbonyl (C=O) groups excluding carboxylic acids is 2. The van der Waals surface area contributed by atoms with Crippen LogP contribution in [-0.2, 0) is 16.1 Å². The van der Waals surface area contributed by atoms with E-state index in [-0.39, 0.29) is 23.8 Å². The molecule has 0 aliphatic carbocycles. The van der Waals surface area contributed by atoms with Gasteiger partial charge in [0.05, 0.1) is 6.61 Å². The Balaban J connectivity index is 1.48. The zero-order chi connectivity index (χ0) is 23.0. The number of para-hydroxylation sites is 1. The molecule has 0 radical (unpaired) electrons. The summed E-state index contributed by atoms with van der Waals surface area (Å²) in [5, 5.41) is 0. The second-order valence-electron chi connectivity index (χ2n) is 9.05. The van der Waals surface area contributed by atoms with E-state index in [0.29, 0.717) is 38.1 Å². The number of benzene rings is 2. The number of methoxy groups -OCH3 is 1. The van der Waals surface area contributed by atoms with Gasteiger partial charge in [-0.05, 0) is 49.1 Å². The predicted molar refractivity (Wildman–Crippen MR) is 127 cm³/mol. The summed E-state index contributed by atoms with van der Waals surface area (Å²) in [6.07, 6.45) is 4.36. The summed E-state index contributed by atoms with van der Waals surface area (Å²) in [7, 11) is 1.65. The molecule has 2 amide bonds. The highest BCUT2D eigenvalue weighted by molar-refractivity contribution is 5.94. The third-order valence-corrected chi connectivity index (χ3v) is 6.61. The molecule has 2 aliphatic heterocycles. The van der Waals surface area contributed by atoms with Crippen LogP contribution in [0.5, 0.6) is 5.75 Å². The van der Waals surface area contributed by atoms with Crippen LogP contribution in [-0.4, -0.2) is 61.0 Å². The van der Waals surface area contributed by atoms with Crippen molar-refractivity contribution in [1.82, 2.24) is 9.80 Å². The van der Waals surface area contributed by atoms with Gasteiger partial charge in [0.15, 0.2) is 0 Å². The second kappa shape index (κ2) is 11.3. The molecule has 2 fully saturated rings. The summed E-state index contributed by atoms with van der Waals surface area (Å²) in [5.41, 5.74) is 1.63. The smallest absolute Gasteiger partial charge is 0.253 e. The Labute approximate surface area is 196 Å². The highest BCUT2D eigenvalue weighted by atomic mass is 16.5. The van der Waals surface area contributed by atoms with E-state index in [9.17, 15) is 9.59 Å². The third kappa shape index (κ3) is 6.14. The predicted octanol–water partition coefficient (Wildman–Crippen LogP) is 4.15. The van der Waals surface area contributed by atoms with Crippen LogP contribution in [0.3, 0.4) is 0 Å². The molecular formula is C27H34N2O4. The molecular weight excluding hydrogens is 416 g/mol. The van der Waals surface area contributed by atoms with Gasteiger partial charge in [0.2, 0.25) is 5.91 Å². The van der Waals surface area contributed by atoms with Crippen LogP contribution >= 0.6 is 0 Å². The molecule has 33 heavy (non-hydrogen) atoms. The maximum atomic E-state index is 13.3. The van der Waals surface area contributed by atoms with Gasteiger partial charge in [-0.15, -0.1) is 0 Å². The summed E-state index contributed by atoms with van der Waals surface area (Å²) in [5.74, 6) is 0.948.